The van der Waals surface area contributed by atoms with Crippen LogP contribution in [0.4, 0.5) is 0 Å². The van der Waals surface area contributed by atoms with Crippen LogP contribution in [0, 0.1) is 23.2 Å². The smallest absolute Gasteiger partial charge is 0.302 e. The number of carbonyl (C=O) groups is 1. The van der Waals surface area contributed by atoms with Crippen LogP contribution >= 0.6 is 0 Å². The van der Waals surface area contributed by atoms with Gasteiger partial charge in [-0.2, -0.15) is 0 Å². The van der Waals surface area contributed by atoms with Crippen molar-refractivity contribution >= 4 is 5.97 Å². The Morgan fingerprint density at radius 3 is 2.50 bits per heavy atom. The fraction of sp³-hybridized carbons (Fsp3) is 0.917. The summed E-state index contributed by atoms with van der Waals surface area (Å²) in [6.07, 6.45) is 2.63. The monoisotopic (exact) mass is 196 g/mol. The van der Waals surface area contributed by atoms with Gasteiger partial charge in [0, 0.05) is 6.92 Å². The molecule has 0 amide bonds. The van der Waals surface area contributed by atoms with Gasteiger partial charge in [-0.25, -0.2) is 0 Å². The van der Waals surface area contributed by atoms with E-state index in [0.29, 0.717) is 11.3 Å². The van der Waals surface area contributed by atoms with E-state index < -0.39 is 0 Å². The summed E-state index contributed by atoms with van der Waals surface area (Å²) in [6.45, 7) is 8.33. The van der Waals surface area contributed by atoms with Gasteiger partial charge in [-0.15, -0.1) is 0 Å². The first kappa shape index (κ1) is 10.0. The molecule has 4 atom stereocenters. The summed E-state index contributed by atoms with van der Waals surface area (Å²) in [5.41, 5.74) is 0.513. The van der Waals surface area contributed by atoms with Crippen LogP contribution in [0.15, 0.2) is 0 Å². The Morgan fingerprint density at radius 2 is 2.07 bits per heavy atom. The number of hydrogen-bond acceptors (Lipinski definition) is 2. The molecule has 2 saturated carbocycles. The predicted octanol–water partition coefficient (Wildman–Crippen LogP) is 2.62. The van der Waals surface area contributed by atoms with E-state index in [1.54, 1.807) is 0 Å². The molecule has 2 fully saturated rings. The molecule has 2 aliphatic carbocycles. The van der Waals surface area contributed by atoms with Crippen molar-refractivity contribution in [3.63, 3.8) is 0 Å². The number of esters is 1. The van der Waals surface area contributed by atoms with E-state index in [0.717, 1.165) is 18.3 Å². The Kier molecular flexibility index (Phi) is 2.13. The molecule has 0 aromatic heterocycles. The second-order valence-corrected chi connectivity index (χ2v) is 5.41. The minimum atomic E-state index is -0.123. The standard InChI is InChI=1S/C12H20O2/c1-7(2)12-5-10(12)8(3)11(6-12)14-9(4)13/h7-8,10-11H,5-6H2,1-4H3/t8-,10+,11+,12-/m0/s1. The molecule has 2 aliphatic rings. The number of fused-ring (bicyclic) bond motifs is 1. The number of ether oxygens (including phenoxy) is 1. The van der Waals surface area contributed by atoms with Crippen LogP contribution in [0.3, 0.4) is 0 Å². The first-order chi connectivity index (χ1) is 6.47. The third kappa shape index (κ3) is 1.27. The number of carbonyl (C=O) groups excluding carboxylic acids is 1. The Balaban J connectivity index is 2.03. The first-order valence-corrected chi connectivity index (χ1v) is 5.64. The Labute approximate surface area is 86.0 Å². The lowest BCUT2D eigenvalue weighted by atomic mass is 9.89. The summed E-state index contributed by atoms with van der Waals surface area (Å²) in [5, 5.41) is 0. The van der Waals surface area contributed by atoms with Gasteiger partial charge in [-0.05, 0) is 36.0 Å². The summed E-state index contributed by atoms with van der Waals surface area (Å²) in [4.78, 5) is 10.9. The minimum absolute atomic E-state index is 0.123. The molecule has 0 unspecified atom stereocenters. The maximum atomic E-state index is 10.9. The van der Waals surface area contributed by atoms with Crippen molar-refractivity contribution in [3.05, 3.63) is 0 Å². The zero-order valence-electron chi connectivity index (χ0n) is 9.54. The fourth-order valence-corrected chi connectivity index (χ4v) is 3.38. The quantitative estimate of drug-likeness (QED) is 0.635. The molecule has 0 aliphatic heterocycles. The molecule has 14 heavy (non-hydrogen) atoms. The fourth-order valence-electron chi connectivity index (χ4n) is 3.38. The van der Waals surface area contributed by atoms with Gasteiger partial charge in [-0.3, -0.25) is 4.79 Å². The highest BCUT2D eigenvalue weighted by molar-refractivity contribution is 5.66. The lowest BCUT2D eigenvalue weighted by Gasteiger charge is -2.21. The highest BCUT2D eigenvalue weighted by Crippen LogP contribution is 2.69. The van der Waals surface area contributed by atoms with Crippen LogP contribution in [0.5, 0.6) is 0 Å². The van der Waals surface area contributed by atoms with Crippen molar-refractivity contribution in [2.24, 2.45) is 23.2 Å². The first-order valence-electron chi connectivity index (χ1n) is 5.64. The van der Waals surface area contributed by atoms with E-state index in [2.05, 4.69) is 20.8 Å². The lowest BCUT2D eigenvalue weighted by Crippen LogP contribution is -2.22. The van der Waals surface area contributed by atoms with Crippen molar-refractivity contribution in [2.45, 2.75) is 46.6 Å². The van der Waals surface area contributed by atoms with E-state index in [1.807, 2.05) is 0 Å². The van der Waals surface area contributed by atoms with E-state index >= 15 is 0 Å². The van der Waals surface area contributed by atoms with Gasteiger partial charge in [0.25, 0.3) is 0 Å². The highest BCUT2D eigenvalue weighted by Gasteiger charge is 2.65. The molecule has 2 heteroatoms. The van der Waals surface area contributed by atoms with Crippen molar-refractivity contribution < 1.29 is 9.53 Å². The van der Waals surface area contributed by atoms with Gasteiger partial charge in [0.2, 0.25) is 0 Å². The molecule has 80 valence electrons. The van der Waals surface area contributed by atoms with Gasteiger partial charge in [0.15, 0.2) is 0 Å². The van der Waals surface area contributed by atoms with E-state index in [-0.39, 0.29) is 12.1 Å². The summed E-state index contributed by atoms with van der Waals surface area (Å²) in [6, 6.07) is 0. The van der Waals surface area contributed by atoms with Crippen LogP contribution < -0.4 is 0 Å². The molecule has 2 rings (SSSR count). The number of rotatable bonds is 2. The lowest BCUT2D eigenvalue weighted by molar-refractivity contribution is -0.148. The highest BCUT2D eigenvalue weighted by atomic mass is 16.5. The molecule has 0 aromatic rings. The average molecular weight is 196 g/mol. The molecule has 0 aromatic carbocycles. The third-order valence-electron chi connectivity index (χ3n) is 4.45. The third-order valence-corrected chi connectivity index (χ3v) is 4.45. The SMILES string of the molecule is CC(=O)O[C@@H]1C[C@]2(C(C)C)C[C@@H]2[C@@H]1C. The van der Waals surface area contributed by atoms with Crippen LogP contribution in [0.25, 0.3) is 0 Å². The largest absolute Gasteiger partial charge is 0.462 e. The molecule has 0 radical (unpaired) electrons. The molecular weight excluding hydrogens is 176 g/mol. The summed E-state index contributed by atoms with van der Waals surface area (Å²) in [7, 11) is 0. The minimum Gasteiger partial charge on any atom is -0.462 e. The summed E-state index contributed by atoms with van der Waals surface area (Å²) < 4.78 is 5.36. The molecule has 2 nitrogen and oxygen atoms in total. The zero-order valence-corrected chi connectivity index (χ0v) is 9.54. The van der Waals surface area contributed by atoms with Crippen LogP contribution in [-0.2, 0) is 9.53 Å². The normalized spacial score (nSPS) is 45.1. The van der Waals surface area contributed by atoms with Crippen molar-refractivity contribution in [1.82, 2.24) is 0 Å². The van der Waals surface area contributed by atoms with Crippen LogP contribution in [-0.4, -0.2) is 12.1 Å². The van der Waals surface area contributed by atoms with Gasteiger partial charge in [0.1, 0.15) is 6.10 Å². The summed E-state index contributed by atoms with van der Waals surface area (Å²) >= 11 is 0. The maximum Gasteiger partial charge on any atom is 0.302 e. The van der Waals surface area contributed by atoms with Gasteiger partial charge in [0.05, 0.1) is 0 Å². The second-order valence-electron chi connectivity index (χ2n) is 5.41. The van der Waals surface area contributed by atoms with Crippen LogP contribution in [0.1, 0.15) is 40.5 Å². The Bertz CT molecular complexity index is 259. The molecular formula is C12H20O2. The average Bonchev–Trinajstić information content (AvgIpc) is 2.71. The molecule has 0 saturated heterocycles. The summed E-state index contributed by atoms with van der Waals surface area (Å²) in [5.74, 6) is 1.99. The molecule has 0 spiro atoms. The van der Waals surface area contributed by atoms with E-state index in [4.69, 9.17) is 4.74 Å². The van der Waals surface area contributed by atoms with E-state index in [9.17, 15) is 4.79 Å². The van der Waals surface area contributed by atoms with Gasteiger partial charge < -0.3 is 4.74 Å². The van der Waals surface area contributed by atoms with Crippen molar-refractivity contribution in [1.29, 1.82) is 0 Å². The number of hydrogen-bond donors (Lipinski definition) is 0. The van der Waals surface area contributed by atoms with Gasteiger partial charge in [-0.1, -0.05) is 20.8 Å². The Hall–Kier alpha value is -0.530. The zero-order chi connectivity index (χ0) is 10.5. The van der Waals surface area contributed by atoms with E-state index in [1.165, 1.54) is 13.3 Å². The molecule has 0 heterocycles. The predicted molar refractivity (Wildman–Crippen MR) is 54.7 cm³/mol. The van der Waals surface area contributed by atoms with Crippen molar-refractivity contribution in [2.75, 3.05) is 0 Å². The second kappa shape index (κ2) is 2.98. The van der Waals surface area contributed by atoms with Crippen LogP contribution in [0.2, 0.25) is 0 Å². The maximum absolute atomic E-state index is 10.9. The Morgan fingerprint density at radius 1 is 1.43 bits per heavy atom. The molecule has 0 N–H and O–H groups in total. The van der Waals surface area contributed by atoms with Gasteiger partial charge >= 0.3 is 5.97 Å². The van der Waals surface area contributed by atoms with Crippen molar-refractivity contribution in [3.8, 4) is 0 Å². The molecule has 0 bridgehead atoms. The topological polar surface area (TPSA) is 26.3 Å².